The summed E-state index contributed by atoms with van der Waals surface area (Å²) in [5.41, 5.74) is 0. The zero-order valence-electron chi connectivity index (χ0n) is 20.2. The first-order valence-corrected chi connectivity index (χ1v) is 12.0. The van der Waals surface area contributed by atoms with Crippen LogP contribution < -0.4 is 0 Å². The van der Waals surface area contributed by atoms with Gasteiger partial charge in [-0.05, 0) is 64.2 Å². The number of carbonyl (C=O) groups is 2. The van der Waals surface area contributed by atoms with E-state index in [4.69, 9.17) is 28.4 Å². The molecule has 0 N–H and O–H groups in total. The Balaban J connectivity index is 1.50. The van der Waals surface area contributed by atoms with Crippen LogP contribution >= 0.6 is 0 Å². The normalized spacial score (nSPS) is 30.6. The third-order valence-corrected chi connectivity index (χ3v) is 6.87. The average Bonchev–Trinajstić information content (AvgIpc) is 2.84. The molecule has 0 amide bonds. The topological polar surface area (TPSA) is 89.5 Å². The molecule has 6 atom stereocenters. The van der Waals surface area contributed by atoms with Gasteiger partial charge in [0.2, 0.25) is 0 Å². The van der Waals surface area contributed by atoms with Crippen molar-refractivity contribution in [3.05, 3.63) is 0 Å². The summed E-state index contributed by atoms with van der Waals surface area (Å²) in [5.74, 6) is -0.481. The lowest BCUT2D eigenvalue weighted by Gasteiger charge is -2.33. The average molecular weight is 459 g/mol. The Morgan fingerprint density at radius 3 is 1.28 bits per heavy atom. The lowest BCUT2D eigenvalue weighted by atomic mass is 9.85. The van der Waals surface area contributed by atoms with E-state index in [1.165, 1.54) is 0 Å². The molecule has 6 unspecified atom stereocenters. The first-order chi connectivity index (χ1) is 15.5. The molecule has 0 spiro atoms. The molecule has 8 nitrogen and oxygen atoms in total. The Labute approximate surface area is 192 Å². The molecule has 186 valence electrons. The SMILES string of the molecule is COC1CCC(C(=O)OCCCCCCOC(=O)C2CCC(OC)C(OC)C2)CC1OC. The van der Waals surface area contributed by atoms with Gasteiger partial charge in [0.15, 0.2) is 0 Å². The molecular formula is C24H42O8. The van der Waals surface area contributed by atoms with Crippen molar-refractivity contribution in [2.45, 2.75) is 88.6 Å². The number of rotatable bonds is 13. The van der Waals surface area contributed by atoms with Gasteiger partial charge in [0.05, 0.1) is 49.5 Å². The number of esters is 2. The van der Waals surface area contributed by atoms with E-state index in [0.717, 1.165) is 51.4 Å². The minimum absolute atomic E-state index is 0.0515. The fourth-order valence-corrected chi connectivity index (χ4v) is 4.81. The molecular weight excluding hydrogens is 416 g/mol. The molecule has 0 saturated heterocycles. The summed E-state index contributed by atoms with van der Waals surface area (Å²) in [6, 6.07) is 0. The highest BCUT2D eigenvalue weighted by Gasteiger charge is 2.36. The van der Waals surface area contributed by atoms with Gasteiger partial charge in [-0.25, -0.2) is 0 Å². The van der Waals surface area contributed by atoms with Crippen LogP contribution in [0.25, 0.3) is 0 Å². The van der Waals surface area contributed by atoms with Crippen LogP contribution in [0, 0.1) is 11.8 Å². The summed E-state index contributed by atoms with van der Waals surface area (Å²) >= 11 is 0. The van der Waals surface area contributed by atoms with E-state index in [9.17, 15) is 9.59 Å². The van der Waals surface area contributed by atoms with Crippen LogP contribution in [-0.2, 0) is 38.0 Å². The minimum Gasteiger partial charge on any atom is -0.465 e. The lowest BCUT2D eigenvalue weighted by Crippen LogP contribution is -2.39. The van der Waals surface area contributed by atoms with Crippen molar-refractivity contribution in [1.29, 1.82) is 0 Å². The van der Waals surface area contributed by atoms with Gasteiger partial charge in [-0.2, -0.15) is 0 Å². The van der Waals surface area contributed by atoms with Crippen LogP contribution in [0.1, 0.15) is 64.2 Å². The predicted octanol–water partition coefficient (Wildman–Crippen LogP) is 3.29. The molecule has 32 heavy (non-hydrogen) atoms. The number of methoxy groups -OCH3 is 4. The maximum absolute atomic E-state index is 12.3. The molecule has 2 fully saturated rings. The maximum Gasteiger partial charge on any atom is 0.309 e. The molecule has 0 aliphatic heterocycles. The van der Waals surface area contributed by atoms with E-state index >= 15 is 0 Å². The van der Waals surface area contributed by atoms with Gasteiger partial charge >= 0.3 is 11.9 Å². The second-order valence-electron chi connectivity index (χ2n) is 8.87. The van der Waals surface area contributed by atoms with Gasteiger partial charge in [0, 0.05) is 28.4 Å². The Morgan fingerprint density at radius 1 is 0.562 bits per heavy atom. The van der Waals surface area contributed by atoms with Crippen molar-refractivity contribution in [3.8, 4) is 0 Å². The quantitative estimate of drug-likeness (QED) is 0.307. The van der Waals surface area contributed by atoms with Crippen LogP contribution in [0.15, 0.2) is 0 Å². The van der Waals surface area contributed by atoms with Crippen molar-refractivity contribution in [2.24, 2.45) is 11.8 Å². The summed E-state index contributed by atoms with van der Waals surface area (Å²) in [5, 5.41) is 0. The molecule has 0 bridgehead atoms. The number of hydrogen-bond acceptors (Lipinski definition) is 8. The van der Waals surface area contributed by atoms with Gasteiger partial charge < -0.3 is 28.4 Å². The summed E-state index contributed by atoms with van der Waals surface area (Å²) in [6.07, 6.45) is 8.00. The summed E-state index contributed by atoms with van der Waals surface area (Å²) in [4.78, 5) is 24.6. The number of hydrogen-bond donors (Lipinski definition) is 0. The molecule has 2 aliphatic carbocycles. The molecule has 0 aromatic carbocycles. The van der Waals surface area contributed by atoms with Crippen molar-refractivity contribution in [1.82, 2.24) is 0 Å². The Bertz CT molecular complexity index is 506. The standard InChI is InChI=1S/C24H42O8/c1-27-19-11-9-17(15-21(19)29-3)23(25)31-13-7-5-6-8-14-32-24(26)18-10-12-20(28-2)22(16-18)30-4/h17-22H,5-16H2,1-4H3. The number of unbranched alkanes of at least 4 members (excludes halogenated alkanes) is 3. The molecule has 0 radical (unpaired) electrons. The van der Waals surface area contributed by atoms with Crippen LogP contribution in [0.3, 0.4) is 0 Å². The second kappa shape index (κ2) is 14.8. The molecule has 2 saturated carbocycles. The zero-order chi connectivity index (χ0) is 23.3. The van der Waals surface area contributed by atoms with Crippen LogP contribution in [0.4, 0.5) is 0 Å². The van der Waals surface area contributed by atoms with Crippen LogP contribution in [0.5, 0.6) is 0 Å². The second-order valence-corrected chi connectivity index (χ2v) is 8.87. The third-order valence-electron chi connectivity index (χ3n) is 6.87. The van der Waals surface area contributed by atoms with Crippen molar-refractivity contribution in [2.75, 3.05) is 41.7 Å². The summed E-state index contributed by atoms with van der Waals surface area (Å²) in [6.45, 7) is 0.864. The van der Waals surface area contributed by atoms with Crippen molar-refractivity contribution >= 4 is 11.9 Å². The van der Waals surface area contributed by atoms with Crippen LogP contribution in [-0.4, -0.2) is 78.0 Å². The van der Waals surface area contributed by atoms with E-state index in [2.05, 4.69) is 0 Å². The Kier molecular flexibility index (Phi) is 12.5. The fraction of sp³-hybridized carbons (Fsp3) is 0.917. The van der Waals surface area contributed by atoms with Crippen molar-refractivity contribution < 1.29 is 38.0 Å². The Hall–Kier alpha value is -1.22. The largest absolute Gasteiger partial charge is 0.465 e. The van der Waals surface area contributed by atoms with Crippen molar-refractivity contribution in [3.63, 3.8) is 0 Å². The summed E-state index contributed by atoms with van der Waals surface area (Å²) < 4.78 is 32.7. The van der Waals surface area contributed by atoms with Gasteiger partial charge in [0.1, 0.15) is 0 Å². The predicted molar refractivity (Wildman–Crippen MR) is 118 cm³/mol. The van der Waals surface area contributed by atoms with E-state index in [-0.39, 0.29) is 48.2 Å². The van der Waals surface area contributed by atoms with Gasteiger partial charge in [-0.15, -0.1) is 0 Å². The lowest BCUT2D eigenvalue weighted by molar-refractivity contribution is -0.155. The fourth-order valence-electron chi connectivity index (χ4n) is 4.81. The maximum atomic E-state index is 12.3. The minimum atomic E-state index is -0.131. The van der Waals surface area contributed by atoms with Crippen LogP contribution in [0.2, 0.25) is 0 Å². The summed E-state index contributed by atoms with van der Waals surface area (Å²) in [7, 11) is 6.67. The van der Waals surface area contributed by atoms with Gasteiger partial charge in [-0.3, -0.25) is 9.59 Å². The first-order valence-electron chi connectivity index (χ1n) is 12.0. The number of carbonyl (C=O) groups excluding carboxylic acids is 2. The Morgan fingerprint density at radius 2 is 0.938 bits per heavy atom. The highest BCUT2D eigenvalue weighted by molar-refractivity contribution is 5.73. The molecule has 0 heterocycles. The molecule has 2 aliphatic rings. The van der Waals surface area contributed by atoms with E-state index in [1.54, 1.807) is 28.4 Å². The van der Waals surface area contributed by atoms with Gasteiger partial charge in [0.25, 0.3) is 0 Å². The monoisotopic (exact) mass is 458 g/mol. The third kappa shape index (κ3) is 8.28. The number of ether oxygens (including phenoxy) is 6. The van der Waals surface area contributed by atoms with E-state index < -0.39 is 0 Å². The van der Waals surface area contributed by atoms with E-state index in [1.807, 2.05) is 0 Å². The highest BCUT2D eigenvalue weighted by Crippen LogP contribution is 2.30. The smallest absolute Gasteiger partial charge is 0.309 e. The zero-order valence-corrected chi connectivity index (χ0v) is 20.2. The molecule has 0 aromatic heterocycles. The van der Waals surface area contributed by atoms with E-state index in [0.29, 0.717) is 26.1 Å². The molecule has 8 heteroatoms. The molecule has 2 rings (SSSR count). The molecule has 0 aromatic rings. The first kappa shape index (κ1) is 27.0. The van der Waals surface area contributed by atoms with Gasteiger partial charge in [-0.1, -0.05) is 0 Å². The highest BCUT2D eigenvalue weighted by atomic mass is 16.5.